The number of thioether (sulfide) groups is 1. The lowest BCUT2D eigenvalue weighted by Gasteiger charge is -2.13. The van der Waals surface area contributed by atoms with Crippen molar-refractivity contribution in [2.45, 2.75) is 32.9 Å². The van der Waals surface area contributed by atoms with Gasteiger partial charge in [0.05, 0.1) is 0 Å². The van der Waals surface area contributed by atoms with Crippen LogP contribution in [0.4, 0.5) is 0 Å². The minimum atomic E-state index is 0.600. The van der Waals surface area contributed by atoms with Crippen molar-refractivity contribution >= 4 is 27.7 Å². The van der Waals surface area contributed by atoms with Crippen LogP contribution in [0.3, 0.4) is 0 Å². The van der Waals surface area contributed by atoms with Crippen molar-refractivity contribution in [3.63, 3.8) is 0 Å². The summed E-state index contributed by atoms with van der Waals surface area (Å²) in [4.78, 5) is 0. The molecule has 0 bridgehead atoms. The van der Waals surface area contributed by atoms with Crippen LogP contribution in [0.15, 0.2) is 28.7 Å². The molecule has 0 aliphatic carbocycles. The van der Waals surface area contributed by atoms with Gasteiger partial charge in [0.2, 0.25) is 0 Å². The summed E-state index contributed by atoms with van der Waals surface area (Å²) in [5.41, 5.74) is 1.35. The van der Waals surface area contributed by atoms with Crippen LogP contribution in [-0.4, -0.2) is 17.5 Å². The van der Waals surface area contributed by atoms with Gasteiger partial charge in [-0.25, -0.2) is 0 Å². The van der Waals surface area contributed by atoms with Gasteiger partial charge < -0.3 is 5.32 Å². The zero-order valence-corrected chi connectivity index (χ0v) is 12.4. The van der Waals surface area contributed by atoms with Crippen molar-refractivity contribution in [2.75, 3.05) is 11.5 Å². The van der Waals surface area contributed by atoms with E-state index in [0.717, 1.165) is 11.0 Å². The standard InChI is InChI=1S/C13H20BrNS/c1-3-16-9-8-11(2)15-10-12-4-6-13(14)7-5-12/h4-7,11,15H,3,8-10H2,1-2H3. The zero-order valence-electron chi connectivity index (χ0n) is 10.0. The number of hydrogen-bond acceptors (Lipinski definition) is 2. The van der Waals surface area contributed by atoms with E-state index >= 15 is 0 Å². The highest BCUT2D eigenvalue weighted by Crippen LogP contribution is 2.11. The lowest BCUT2D eigenvalue weighted by atomic mass is 10.2. The molecular formula is C13H20BrNS. The monoisotopic (exact) mass is 301 g/mol. The van der Waals surface area contributed by atoms with Gasteiger partial charge in [-0.3, -0.25) is 0 Å². The molecule has 1 aromatic rings. The van der Waals surface area contributed by atoms with E-state index in [9.17, 15) is 0 Å². The van der Waals surface area contributed by atoms with Gasteiger partial charge in [0.1, 0.15) is 0 Å². The van der Waals surface area contributed by atoms with Crippen LogP contribution >= 0.6 is 27.7 Å². The highest BCUT2D eigenvalue weighted by Gasteiger charge is 2.01. The molecule has 0 heterocycles. The van der Waals surface area contributed by atoms with Crippen LogP contribution in [-0.2, 0) is 6.54 Å². The number of hydrogen-bond donors (Lipinski definition) is 1. The molecule has 0 aromatic heterocycles. The normalized spacial score (nSPS) is 12.7. The van der Waals surface area contributed by atoms with Gasteiger partial charge in [-0.1, -0.05) is 35.0 Å². The van der Waals surface area contributed by atoms with Gasteiger partial charge in [0.25, 0.3) is 0 Å². The topological polar surface area (TPSA) is 12.0 Å². The maximum Gasteiger partial charge on any atom is 0.0207 e. The second-order valence-electron chi connectivity index (χ2n) is 3.89. The zero-order chi connectivity index (χ0) is 11.8. The van der Waals surface area contributed by atoms with E-state index in [1.54, 1.807) is 0 Å². The minimum Gasteiger partial charge on any atom is -0.310 e. The van der Waals surface area contributed by atoms with Crippen molar-refractivity contribution in [3.8, 4) is 0 Å². The predicted octanol–water partition coefficient (Wildman–Crippen LogP) is 4.07. The molecule has 1 rings (SSSR count). The second-order valence-corrected chi connectivity index (χ2v) is 6.20. The van der Waals surface area contributed by atoms with Crippen LogP contribution < -0.4 is 5.32 Å². The van der Waals surface area contributed by atoms with Crippen molar-refractivity contribution in [3.05, 3.63) is 34.3 Å². The van der Waals surface area contributed by atoms with Crippen LogP contribution in [0.1, 0.15) is 25.8 Å². The maximum atomic E-state index is 3.55. The van der Waals surface area contributed by atoms with Gasteiger partial charge >= 0.3 is 0 Å². The molecule has 1 aromatic carbocycles. The lowest BCUT2D eigenvalue weighted by Crippen LogP contribution is -2.25. The van der Waals surface area contributed by atoms with Crippen molar-refractivity contribution in [2.24, 2.45) is 0 Å². The van der Waals surface area contributed by atoms with Gasteiger partial charge in [-0.15, -0.1) is 0 Å². The van der Waals surface area contributed by atoms with E-state index in [1.165, 1.54) is 23.5 Å². The predicted molar refractivity (Wildman–Crippen MR) is 78.1 cm³/mol. The molecule has 0 fully saturated rings. The largest absolute Gasteiger partial charge is 0.310 e. The van der Waals surface area contributed by atoms with E-state index < -0.39 is 0 Å². The van der Waals surface area contributed by atoms with Crippen molar-refractivity contribution in [1.82, 2.24) is 5.32 Å². The smallest absolute Gasteiger partial charge is 0.0207 e. The Kier molecular flexibility index (Phi) is 7.17. The summed E-state index contributed by atoms with van der Waals surface area (Å²) >= 11 is 5.46. The first-order valence-corrected chi connectivity index (χ1v) is 7.72. The van der Waals surface area contributed by atoms with E-state index in [-0.39, 0.29) is 0 Å². The summed E-state index contributed by atoms with van der Waals surface area (Å²) in [7, 11) is 0. The average molecular weight is 302 g/mol. The third-order valence-corrected chi connectivity index (χ3v) is 3.93. The Labute approximate surface area is 112 Å². The number of rotatable bonds is 7. The Morgan fingerprint density at radius 1 is 1.31 bits per heavy atom. The number of benzene rings is 1. The fraction of sp³-hybridized carbons (Fsp3) is 0.538. The Hall–Kier alpha value is 0.01000. The van der Waals surface area contributed by atoms with E-state index in [2.05, 4.69) is 59.4 Å². The molecule has 1 unspecified atom stereocenters. The fourth-order valence-electron chi connectivity index (χ4n) is 1.40. The molecule has 0 amide bonds. The first-order valence-electron chi connectivity index (χ1n) is 5.78. The summed E-state index contributed by atoms with van der Waals surface area (Å²) in [6.07, 6.45) is 1.25. The molecule has 0 saturated heterocycles. The van der Waals surface area contributed by atoms with E-state index in [4.69, 9.17) is 0 Å². The molecular weight excluding hydrogens is 282 g/mol. The lowest BCUT2D eigenvalue weighted by molar-refractivity contribution is 0.537. The third-order valence-electron chi connectivity index (χ3n) is 2.47. The summed E-state index contributed by atoms with van der Waals surface area (Å²) in [5.74, 6) is 2.48. The molecule has 16 heavy (non-hydrogen) atoms. The highest BCUT2D eigenvalue weighted by atomic mass is 79.9. The highest BCUT2D eigenvalue weighted by molar-refractivity contribution is 9.10. The van der Waals surface area contributed by atoms with Crippen LogP contribution in [0.25, 0.3) is 0 Å². The molecule has 0 spiro atoms. The van der Waals surface area contributed by atoms with Crippen molar-refractivity contribution in [1.29, 1.82) is 0 Å². The van der Waals surface area contributed by atoms with E-state index in [0.29, 0.717) is 6.04 Å². The Bertz CT molecular complexity index is 286. The molecule has 1 nitrogen and oxygen atoms in total. The quantitative estimate of drug-likeness (QED) is 0.762. The summed E-state index contributed by atoms with van der Waals surface area (Å²) in [6, 6.07) is 9.10. The number of nitrogens with one attached hydrogen (secondary N) is 1. The Morgan fingerprint density at radius 3 is 2.62 bits per heavy atom. The second kappa shape index (κ2) is 8.15. The molecule has 1 atom stereocenters. The Morgan fingerprint density at radius 2 is 2.00 bits per heavy atom. The van der Waals surface area contributed by atoms with Crippen LogP contribution in [0, 0.1) is 0 Å². The van der Waals surface area contributed by atoms with Gasteiger partial charge in [0.15, 0.2) is 0 Å². The first-order chi connectivity index (χ1) is 7.72. The maximum absolute atomic E-state index is 3.55. The number of halogens is 1. The molecule has 0 aliphatic heterocycles. The molecule has 0 saturated carbocycles. The van der Waals surface area contributed by atoms with Crippen LogP contribution in [0.2, 0.25) is 0 Å². The summed E-state index contributed by atoms with van der Waals surface area (Å²) < 4.78 is 1.14. The van der Waals surface area contributed by atoms with Gasteiger partial charge in [-0.2, -0.15) is 11.8 Å². The summed E-state index contributed by atoms with van der Waals surface area (Å²) in [6.45, 7) is 5.44. The van der Waals surface area contributed by atoms with E-state index in [1.807, 2.05) is 11.8 Å². The van der Waals surface area contributed by atoms with Gasteiger partial charge in [-0.05, 0) is 42.5 Å². The molecule has 0 aliphatic rings. The molecule has 0 radical (unpaired) electrons. The van der Waals surface area contributed by atoms with Crippen LogP contribution in [0.5, 0.6) is 0 Å². The fourth-order valence-corrected chi connectivity index (χ4v) is 2.47. The first kappa shape index (κ1) is 14.1. The minimum absolute atomic E-state index is 0.600. The Balaban J connectivity index is 2.20. The average Bonchev–Trinajstić information content (AvgIpc) is 2.29. The van der Waals surface area contributed by atoms with Crippen molar-refractivity contribution < 1.29 is 0 Å². The molecule has 1 N–H and O–H groups in total. The third kappa shape index (κ3) is 5.92. The molecule has 90 valence electrons. The molecule has 3 heteroatoms. The summed E-state index contributed by atoms with van der Waals surface area (Å²) in [5, 5.41) is 3.55. The van der Waals surface area contributed by atoms with Gasteiger partial charge in [0, 0.05) is 17.1 Å². The SMILES string of the molecule is CCSCCC(C)NCc1ccc(Br)cc1.